The number of aryl methyl sites for hydroxylation is 1. The minimum atomic E-state index is -0.509. The molecule has 1 atom stereocenters. The summed E-state index contributed by atoms with van der Waals surface area (Å²) in [4.78, 5) is 9.71. The van der Waals surface area contributed by atoms with Crippen LogP contribution in [0, 0.1) is 6.92 Å². The number of ether oxygens (including phenoxy) is 1. The van der Waals surface area contributed by atoms with E-state index in [0.29, 0.717) is 10.8 Å². The molecular weight excluding hydrogens is 568 g/mol. The fourth-order valence-corrected chi connectivity index (χ4v) is 6.34. The van der Waals surface area contributed by atoms with Gasteiger partial charge in [0.05, 0.1) is 28.1 Å². The van der Waals surface area contributed by atoms with Crippen LogP contribution in [-0.2, 0) is 4.74 Å². The van der Waals surface area contributed by atoms with Crippen LogP contribution >= 0.6 is 22.9 Å². The van der Waals surface area contributed by atoms with Gasteiger partial charge in [0.15, 0.2) is 5.82 Å². The lowest BCUT2D eigenvalue weighted by Gasteiger charge is -2.29. The van der Waals surface area contributed by atoms with Gasteiger partial charge in [0.1, 0.15) is 11.1 Å². The summed E-state index contributed by atoms with van der Waals surface area (Å²) in [6.45, 7) is 7.89. The van der Waals surface area contributed by atoms with Gasteiger partial charge in [0.2, 0.25) is 0 Å². The number of aromatic nitrogens is 6. The van der Waals surface area contributed by atoms with E-state index < -0.39 is 11.7 Å². The third-order valence-corrected chi connectivity index (χ3v) is 8.22. The van der Waals surface area contributed by atoms with Crippen molar-refractivity contribution in [1.82, 2.24) is 30.6 Å². The lowest BCUT2D eigenvalue weighted by molar-refractivity contribution is -0.0821. The lowest BCUT2D eigenvalue weighted by atomic mass is 9.91. The van der Waals surface area contributed by atoms with Crippen LogP contribution in [0.5, 0.6) is 0 Å². The first-order valence-electron chi connectivity index (χ1n) is 13.5. The summed E-state index contributed by atoms with van der Waals surface area (Å²) in [7, 11) is 0. The molecule has 0 amide bonds. The van der Waals surface area contributed by atoms with Gasteiger partial charge in [-0.25, -0.2) is 10.1 Å². The second-order valence-corrected chi connectivity index (χ2v) is 12.5. The quantitative estimate of drug-likeness (QED) is 0.194. The first-order chi connectivity index (χ1) is 20.2. The normalized spacial score (nSPS) is 12.6. The number of H-pyrrole nitrogens is 1. The Labute approximate surface area is 252 Å². The molecule has 3 heterocycles. The fourth-order valence-electron chi connectivity index (χ4n) is 5.10. The minimum Gasteiger partial charge on any atom is -0.393 e. The van der Waals surface area contributed by atoms with Gasteiger partial charge in [-0.15, -0.1) is 16.4 Å². The highest BCUT2D eigenvalue weighted by atomic mass is 35.5. The molecule has 2 N–H and O–H groups in total. The maximum atomic E-state index is 10.5. The molecule has 0 aliphatic carbocycles. The van der Waals surface area contributed by atoms with Crippen LogP contribution in [0.1, 0.15) is 38.0 Å². The number of nitrogens with one attached hydrogen (secondary N) is 1. The number of nitrogens with zero attached hydrogens (tertiary/aromatic N) is 5. The number of thiazole rings is 1. The Hall–Kier alpha value is -4.02. The SMILES string of the molecule is Cc1cc2nc(-c3ccnc(-c4cccc(-c5nnn[nH]5)c4)c3)sc2c(-c2ccc(Cl)cc2)c1C(CO)OC(C)(C)C. The molecule has 3 aromatic heterocycles. The van der Waals surface area contributed by atoms with Crippen molar-refractivity contribution in [2.75, 3.05) is 6.61 Å². The summed E-state index contributed by atoms with van der Waals surface area (Å²) >= 11 is 7.87. The van der Waals surface area contributed by atoms with Crippen molar-refractivity contribution in [3.8, 4) is 44.3 Å². The summed E-state index contributed by atoms with van der Waals surface area (Å²) in [5.41, 5.74) is 7.96. The number of halogens is 1. The Kier molecular flexibility index (Phi) is 7.59. The number of hydrogen-bond acceptors (Lipinski definition) is 8. The van der Waals surface area contributed by atoms with E-state index in [2.05, 4.69) is 31.7 Å². The second-order valence-electron chi connectivity index (χ2n) is 11.0. The first kappa shape index (κ1) is 28.1. The third kappa shape index (κ3) is 5.69. The molecular formula is C32H29ClN6O2S. The van der Waals surface area contributed by atoms with Gasteiger partial charge >= 0.3 is 0 Å². The Bertz CT molecular complexity index is 1860. The smallest absolute Gasteiger partial charge is 0.179 e. The number of pyridine rings is 1. The number of aliphatic hydroxyl groups excluding tert-OH is 1. The van der Waals surface area contributed by atoms with Crippen LogP contribution in [0.3, 0.4) is 0 Å². The topological polar surface area (TPSA) is 110 Å². The number of hydrogen-bond donors (Lipinski definition) is 2. The first-order valence-corrected chi connectivity index (χ1v) is 14.7. The number of benzene rings is 3. The van der Waals surface area contributed by atoms with Crippen molar-refractivity contribution < 1.29 is 9.84 Å². The average Bonchev–Trinajstić information content (AvgIpc) is 3.66. The molecule has 0 saturated heterocycles. The zero-order chi connectivity index (χ0) is 29.4. The molecule has 8 nitrogen and oxygen atoms in total. The maximum Gasteiger partial charge on any atom is 0.179 e. The Morgan fingerprint density at radius 2 is 1.76 bits per heavy atom. The molecule has 212 valence electrons. The van der Waals surface area contributed by atoms with E-state index >= 15 is 0 Å². The molecule has 0 saturated carbocycles. The fraction of sp³-hybridized carbons (Fsp3) is 0.219. The highest BCUT2D eigenvalue weighted by Crippen LogP contribution is 2.44. The van der Waals surface area contributed by atoms with Gasteiger partial charge < -0.3 is 9.84 Å². The molecule has 0 aliphatic rings. The molecule has 3 aromatic carbocycles. The van der Waals surface area contributed by atoms with Gasteiger partial charge in [-0.3, -0.25) is 4.98 Å². The standard InChI is InChI=1S/C32H29ClN6O2S/c1-18-14-25-29(28(19-8-10-23(33)11-9-19)27(18)26(17-40)41-32(2,3)4)42-31(35-25)22-12-13-34-24(16-22)20-6-5-7-21(15-20)30-36-38-39-37-30/h5-16,26,40H,17H2,1-4H3,(H,36,37,38,39). The van der Waals surface area contributed by atoms with Gasteiger partial charge in [0, 0.05) is 33.5 Å². The van der Waals surface area contributed by atoms with E-state index in [1.807, 2.05) is 88.4 Å². The molecule has 1 unspecified atom stereocenters. The maximum absolute atomic E-state index is 10.5. The zero-order valence-electron chi connectivity index (χ0n) is 23.6. The molecule has 10 heteroatoms. The highest BCUT2D eigenvalue weighted by molar-refractivity contribution is 7.22. The third-order valence-electron chi connectivity index (χ3n) is 6.83. The Morgan fingerprint density at radius 1 is 0.976 bits per heavy atom. The largest absolute Gasteiger partial charge is 0.393 e. The van der Waals surface area contributed by atoms with E-state index in [4.69, 9.17) is 21.3 Å². The van der Waals surface area contributed by atoms with E-state index in [0.717, 1.165) is 59.9 Å². The van der Waals surface area contributed by atoms with Crippen molar-refractivity contribution in [2.45, 2.75) is 39.4 Å². The van der Waals surface area contributed by atoms with Crippen molar-refractivity contribution in [3.05, 3.63) is 89.1 Å². The van der Waals surface area contributed by atoms with Gasteiger partial charge in [-0.1, -0.05) is 41.9 Å². The number of fused-ring (bicyclic) bond motifs is 1. The van der Waals surface area contributed by atoms with Crippen LogP contribution < -0.4 is 0 Å². The van der Waals surface area contributed by atoms with Crippen LogP contribution in [0.2, 0.25) is 5.02 Å². The monoisotopic (exact) mass is 596 g/mol. The van der Waals surface area contributed by atoms with Crippen molar-refractivity contribution in [1.29, 1.82) is 0 Å². The molecule has 0 aliphatic heterocycles. The molecule has 0 fully saturated rings. The Balaban J connectivity index is 1.49. The van der Waals surface area contributed by atoms with Crippen LogP contribution in [0.4, 0.5) is 0 Å². The van der Waals surface area contributed by atoms with Gasteiger partial charge in [0.25, 0.3) is 0 Å². The molecule has 0 bridgehead atoms. The van der Waals surface area contributed by atoms with Crippen molar-refractivity contribution in [2.24, 2.45) is 0 Å². The average molecular weight is 597 g/mol. The predicted molar refractivity (Wildman–Crippen MR) is 167 cm³/mol. The van der Waals surface area contributed by atoms with Crippen LogP contribution in [-0.4, -0.2) is 47.9 Å². The number of aliphatic hydroxyl groups is 1. The van der Waals surface area contributed by atoms with Gasteiger partial charge in [-0.2, -0.15) is 0 Å². The summed E-state index contributed by atoms with van der Waals surface area (Å²) < 4.78 is 7.38. The van der Waals surface area contributed by atoms with Gasteiger partial charge in [-0.05, 0) is 91.2 Å². The van der Waals surface area contributed by atoms with E-state index in [-0.39, 0.29) is 6.61 Å². The number of rotatable bonds is 7. The summed E-state index contributed by atoms with van der Waals surface area (Å²) in [5.74, 6) is 0.594. The number of tetrazole rings is 1. The highest BCUT2D eigenvalue weighted by Gasteiger charge is 2.27. The summed E-state index contributed by atoms with van der Waals surface area (Å²) in [6.07, 6.45) is 1.29. The zero-order valence-corrected chi connectivity index (χ0v) is 25.2. The lowest BCUT2D eigenvalue weighted by Crippen LogP contribution is -2.25. The summed E-state index contributed by atoms with van der Waals surface area (Å²) in [6, 6.07) is 21.8. The van der Waals surface area contributed by atoms with Crippen LogP contribution in [0.25, 0.3) is 54.6 Å². The van der Waals surface area contributed by atoms with E-state index in [1.165, 1.54) is 0 Å². The molecule has 6 rings (SSSR count). The number of aromatic amines is 1. The predicted octanol–water partition coefficient (Wildman–Crippen LogP) is 7.68. The van der Waals surface area contributed by atoms with Crippen molar-refractivity contribution >= 4 is 33.2 Å². The van der Waals surface area contributed by atoms with E-state index in [1.54, 1.807) is 17.5 Å². The summed E-state index contributed by atoms with van der Waals surface area (Å²) in [5, 5.41) is 26.2. The molecule has 0 radical (unpaired) electrons. The second kappa shape index (κ2) is 11.3. The molecule has 6 aromatic rings. The molecule has 42 heavy (non-hydrogen) atoms. The minimum absolute atomic E-state index is 0.146. The van der Waals surface area contributed by atoms with E-state index in [9.17, 15) is 5.11 Å². The van der Waals surface area contributed by atoms with Crippen LogP contribution in [0.15, 0.2) is 72.9 Å². The molecule has 0 spiro atoms. The Morgan fingerprint density at radius 3 is 2.48 bits per heavy atom. The van der Waals surface area contributed by atoms with Crippen molar-refractivity contribution in [3.63, 3.8) is 0 Å².